The van der Waals surface area contributed by atoms with E-state index in [0.717, 1.165) is 69.9 Å². The van der Waals surface area contributed by atoms with E-state index in [0.29, 0.717) is 13.0 Å². The van der Waals surface area contributed by atoms with Gasteiger partial charge in [0.25, 0.3) is 0 Å². The lowest BCUT2D eigenvalue weighted by molar-refractivity contribution is -0.143. The Morgan fingerprint density at radius 2 is 1.68 bits per heavy atom. The number of nitrogens with zero attached hydrogens (tertiary/aromatic N) is 3. The number of hydrogen-bond acceptors (Lipinski definition) is 5. The Balaban J connectivity index is 1.33. The largest absolute Gasteiger partial charge is 0.466 e. The lowest BCUT2D eigenvalue weighted by atomic mass is 9.99. The maximum absolute atomic E-state index is 11.4. The number of unbranched alkanes of at least 4 members (excludes halogenated alkanes) is 2. The van der Waals surface area contributed by atoms with Crippen molar-refractivity contribution in [2.24, 2.45) is 4.99 Å². The molecule has 5 nitrogen and oxygen atoms in total. The molecule has 1 fully saturated rings. The number of amidine groups is 1. The lowest BCUT2D eigenvalue weighted by Crippen LogP contribution is -2.49. The number of rotatable bonds is 7. The first-order valence-corrected chi connectivity index (χ1v) is 11.6. The molecule has 31 heavy (non-hydrogen) atoms. The van der Waals surface area contributed by atoms with Gasteiger partial charge >= 0.3 is 5.97 Å². The van der Waals surface area contributed by atoms with E-state index in [4.69, 9.17) is 9.73 Å². The van der Waals surface area contributed by atoms with E-state index in [1.54, 1.807) is 0 Å². The van der Waals surface area contributed by atoms with Crippen molar-refractivity contribution in [3.63, 3.8) is 0 Å². The third-order valence-electron chi connectivity index (χ3n) is 6.19. The fourth-order valence-electron chi connectivity index (χ4n) is 4.48. The van der Waals surface area contributed by atoms with Gasteiger partial charge < -0.3 is 9.64 Å². The highest BCUT2D eigenvalue weighted by Gasteiger charge is 2.24. The number of fused-ring (bicyclic) bond motifs is 2. The van der Waals surface area contributed by atoms with Crippen LogP contribution in [0.25, 0.3) is 0 Å². The summed E-state index contributed by atoms with van der Waals surface area (Å²) in [6.07, 6.45) is 4.62. The molecule has 0 bridgehead atoms. The molecule has 0 amide bonds. The fraction of sp³-hybridized carbons (Fsp3) is 0.462. The van der Waals surface area contributed by atoms with Crippen molar-refractivity contribution in [2.75, 3.05) is 39.3 Å². The van der Waals surface area contributed by atoms with Gasteiger partial charge in [0, 0.05) is 44.6 Å². The lowest BCUT2D eigenvalue weighted by Gasteiger charge is -2.36. The number of ether oxygens (including phenoxy) is 1. The molecule has 164 valence electrons. The van der Waals surface area contributed by atoms with Crippen molar-refractivity contribution < 1.29 is 9.53 Å². The van der Waals surface area contributed by atoms with Crippen molar-refractivity contribution in [3.05, 3.63) is 65.2 Å². The summed E-state index contributed by atoms with van der Waals surface area (Å²) in [4.78, 5) is 21.6. The predicted molar refractivity (Wildman–Crippen MR) is 125 cm³/mol. The molecule has 0 spiro atoms. The molecule has 0 unspecified atom stereocenters. The van der Waals surface area contributed by atoms with Gasteiger partial charge in [-0.15, -0.1) is 0 Å². The number of benzene rings is 2. The zero-order valence-corrected chi connectivity index (χ0v) is 18.6. The SMILES string of the molecule is CCOC(=O)CCCCCN1CCN(C2=Nc3ccccc3Cc3ccccc32)CC1. The monoisotopic (exact) mass is 419 g/mol. The Bertz CT molecular complexity index is 916. The molecule has 0 atom stereocenters. The maximum atomic E-state index is 11.4. The van der Waals surface area contributed by atoms with Gasteiger partial charge in [0.2, 0.25) is 0 Å². The summed E-state index contributed by atoms with van der Waals surface area (Å²) in [5.74, 6) is 1.05. The summed E-state index contributed by atoms with van der Waals surface area (Å²) in [5.41, 5.74) is 5.02. The van der Waals surface area contributed by atoms with E-state index in [1.807, 2.05) is 6.92 Å². The Labute approximate surface area is 185 Å². The summed E-state index contributed by atoms with van der Waals surface area (Å²) in [7, 11) is 0. The summed E-state index contributed by atoms with van der Waals surface area (Å²) >= 11 is 0. The molecule has 2 aromatic rings. The molecule has 1 saturated heterocycles. The zero-order valence-electron chi connectivity index (χ0n) is 18.6. The van der Waals surface area contributed by atoms with Gasteiger partial charge in [0.15, 0.2) is 0 Å². The maximum Gasteiger partial charge on any atom is 0.305 e. The van der Waals surface area contributed by atoms with Crippen LogP contribution in [0.3, 0.4) is 0 Å². The molecular formula is C26H33N3O2. The van der Waals surface area contributed by atoms with Crippen molar-refractivity contribution in [3.8, 4) is 0 Å². The molecule has 2 heterocycles. The molecule has 2 aromatic carbocycles. The van der Waals surface area contributed by atoms with Crippen LogP contribution < -0.4 is 0 Å². The quantitative estimate of drug-likeness (QED) is 0.493. The molecule has 5 heteroatoms. The van der Waals surface area contributed by atoms with E-state index < -0.39 is 0 Å². The minimum atomic E-state index is -0.0675. The van der Waals surface area contributed by atoms with Crippen LogP contribution in [0.1, 0.15) is 49.3 Å². The Morgan fingerprint density at radius 3 is 2.48 bits per heavy atom. The van der Waals surface area contributed by atoms with Crippen LogP contribution in [0.4, 0.5) is 5.69 Å². The van der Waals surface area contributed by atoms with E-state index in [1.165, 1.54) is 16.7 Å². The summed E-state index contributed by atoms with van der Waals surface area (Å²) < 4.78 is 5.00. The number of carbonyl (C=O) groups excluding carboxylic acids is 1. The molecule has 2 aliphatic rings. The minimum absolute atomic E-state index is 0.0675. The second-order valence-electron chi connectivity index (χ2n) is 8.34. The molecular weight excluding hydrogens is 386 g/mol. The van der Waals surface area contributed by atoms with E-state index in [9.17, 15) is 4.79 Å². The summed E-state index contributed by atoms with van der Waals surface area (Å²) in [6, 6.07) is 17.2. The average molecular weight is 420 g/mol. The Morgan fingerprint density at radius 1 is 0.935 bits per heavy atom. The average Bonchev–Trinajstić information content (AvgIpc) is 2.96. The molecule has 2 aliphatic heterocycles. The number of piperazine rings is 1. The van der Waals surface area contributed by atoms with Crippen LogP contribution in [-0.2, 0) is 16.0 Å². The first-order valence-electron chi connectivity index (χ1n) is 11.6. The van der Waals surface area contributed by atoms with Crippen LogP contribution in [0.5, 0.6) is 0 Å². The third kappa shape index (κ3) is 5.53. The van der Waals surface area contributed by atoms with Crippen molar-refractivity contribution in [2.45, 2.75) is 39.0 Å². The van der Waals surface area contributed by atoms with Gasteiger partial charge in [-0.2, -0.15) is 0 Å². The molecule has 0 aliphatic carbocycles. The van der Waals surface area contributed by atoms with Crippen molar-refractivity contribution in [1.29, 1.82) is 0 Å². The van der Waals surface area contributed by atoms with Crippen molar-refractivity contribution >= 4 is 17.5 Å². The van der Waals surface area contributed by atoms with Gasteiger partial charge in [0.1, 0.15) is 5.84 Å². The molecule has 0 saturated carbocycles. The molecule has 0 N–H and O–H groups in total. The number of hydrogen-bond donors (Lipinski definition) is 0. The number of para-hydroxylation sites is 1. The second-order valence-corrected chi connectivity index (χ2v) is 8.34. The number of aliphatic imine (C=N–C) groups is 1. The highest BCUT2D eigenvalue weighted by Crippen LogP contribution is 2.29. The highest BCUT2D eigenvalue weighted by molar-refractivity contribution is 6.02. The minimum Gasteiger partial charge on any atom is -0.466 e. The van der Waals surface area contributed by atoms with Gasteiger partial charge in [-0.1, -0.05) is 48.9 Å². The predicted octanol–water partition coefficient (Wildman–Crippen LogP) is 4.41. The first-order chi connectivity index (χ1) is 15.2. The van der Waals surface area contributed by atoms with Gasteiger partial charge in [0.05, 0.1) is 12.3 Å². The van der Waals surface area contributed by atoms with Gasteiger partial charge in [-0.05, 0) is 43.5 Å². The first kappa shape index (κ1) is 21.6. The van der Waals surface area contributed by atoms with Crippen LogP contribution >= 0.6 is 0 Å². The summed E-state index contributed by atoms with van der Waals surface area (Å²) in [6.45, 7) is 7.54. The van der Waals surface area contributed by atoms with Crippen LogP contribution in [0, 0.1) is 0 Å². The number of carbonyl (C=O) groups is 1. The smallest absolute Gasteiger partial charge is 0.305 e. The van der Waals surface area contributed by atoms with Gasteiger partial charge in [-0.3, -0.25) is 9.69 Å². The second kappa shape index (κ2) is 10.6. The third-order valence-corrected chi connectivity index (χ3v) is 6.19. The molecule has 0 radical (unpaired) electrons. The van der Waals surface area contributed by atoms with Crippen molar-refractivity contribution in [1.82, 2.24) is 9.80 Å². The van der Waals surface area contributed by atoms with Crippen LogP contribution in [0.15, 0.2) is 53.5 Å². The van der Waals surface area contributed by atoms with Crippen LogP contribution in [0.2, 0.25) is 0 Å². The fourth-order valence-corrected chi connectivity index (χ4v) is 4.48. The molecule has 0 aromatic heterocycles. The van der Waals surface area contributed by atoms with Gasteiger partial charge in [-0.25, -0.2) is 4.99 Å². The van der Waals surface area contributed by atoms with Crippen LogP contribution in [-0.4, -0.2) is 60.9 Å². The Kier molecular flexibility index (Phi) is 7.36. The summed E-state index contributed by atoms with van der Waals surface area (Å²) in [5, 5.41) is 0. The standard InChI is InChI=1S/C26H33N3O2/c1-2-31-25(30)14-4-3-9-15-28-16-18-29(19-17-28)26-23-12-7-5-10-21(23)20-22-11-6-8-13-24(22)27-26/h5-8,10-13H,2-4,9,14-20H2,1H3. The van der Waals surface area contributed by atoms with E-state index in [2.05, 4.69) is 58.3 Å². The zero-order chi connectivity index (χ0) is 21.5. The highest BCUT2D eigenvalue weighted by atomic mass is 16.5. The Hall–Kier alpha value is -2.66. The molecule has 4 rings (SSSR count). The number of esters is 1. The topological polar surface area (TPSA) is 45.1 Å². The van der Waals surface area contributed by atoms with E-state index in [-0.39, 0.29) is 5.97 Å². The normalized spacial score (nSPS) is 16.2. The van der Waals surface area contributed by atoms with E-state index >= 15 is 0 Å².